The second-order valence-corrected chi connectivity index (χ2v) is 5.73. The maximum atomic E-state index is 4.67. The van der Waals surface area contributed by atoms with Gasteiger partial charge in [-0.3, -0.25) is 4.99 Å². The Balaban J connectivity index is 0.00000180. The van der Waals surface area contributed by atoms with E-state index >= 15 is 0 Å². The first-order chi connectivity index (χ1) is 8.78. The van der Waals surface area contributed by atoms with Crippen molar-refractivity contribution >= 4 is 29.9 Å². The zero-order chi connectivity index (χ0) is 12.8. The van der Waals surface area contributed by atoms with Crippen LogP contribution in [0.25, 0.3) is 0 Å². The monoisotopic (exact) mass is 380 g/mol. The molecule has 0 aromatic heterocycles. The number of aliphatic imine (C=N–C) groups is 1. The Labute approximate surface area is 134 Å². The molecule has 1 saturated heterocycles. The van der Waals surface area contributed by atoms with Gasteiger partial charge in [0.2, 0.25) is 0 Å². The molecule has 1 atom stereocenters. The van der Waals surface area contributed by atoms with Crippen molar-refractivity contribution in [3.8, 4) is 0 Å². The molecule has 19 heavy (non-hydrogen) atoms. The second-order valence-electron chi connectivity index (χ2n) is 5.73. The summed E-state index contributed by atoms with van der Waals surface area (Å²) in [5.74, 6) is 1.87. The van der Waals surface area contributed by atoms with E-state index in [1.54, 1.807) is 0 Å². The standard InChI is InChI=1S/C14H28N4.HI/c1-3-15-14(17-13-6-7-13)16-8-10-18-9-4-5-12(2)11-18;/h12-13H,3-11H2,1-2H3,(H2,15,16,17);1H. The van der Waals surface area contributed by atoms with Crippen LogP contribution in [0.5, 0.6) is 0 Å². The zero-order valence-corrected chi connectivity index (χ0v) is 14.7. The SMILES string of the molecule is CCNC(=NCCN1CCCC(C)C1)NC1CC1.I. The molecule has 1 saturated carbocycles. The highest BCUT2D eigenvalue weighted by atomic mass is 127. The van der Waals surface area contributed by atoms with Gasteiger partial charge in [-0.1, -0.05) is 6.92 Å². The van der Waals surface area contributed by atoms with Crippen LogP contribution in [-0.4, -0.2) is 49.6 Å². The van der Waals surface area contributed by atoms with Crippen LogP contribution in [0.1, 0.15) is 39.5 Å². The van der Waals surface area contributed by atoms with E-state index in [0.717, 1.165) is 31.5 Å². The molecular weight excluding hydrogens is 351 g/mol. The molecule has 4 nitrogen and oxygen atoms in total. The minimum Gasteiger partial charge on any atom is -0.357 e. The van der Waals surface area contributed by atoms with Gasteiger partial charge in [0.15, 0.2) is 5.96 Å². The van der Waals surface area contributed by atoms with Gasteiger partial charge in [0.05, 0.1) is 6.54 Å². The lowest BCUT2D eigenvalue weighted by Gasteiger charge is -2.30. The van der Waals surface area contributed by atoms with Crippen molar-refractivity contribution in [2.45, 2.75) is 45.6 Å². The Morgan fingerprint density at radius 3 is 2.74 bits per heavy atom. The van der Waals surface area contributed by atoms with Gasteiger partial charge in [-0.15, -0.1) is 24.0 Å². The fourth-order valence-electron chi connectivity index (χ4n) is 2.53. The third-order valence-corrected chi connectivity index (χ3v) is 3.69. The summed E-state index contributed by atoms with van der Waals surface area (Å²) in [5.41, 5.74) is 0. The van der Waals surface area contributed by atoms with Crippen LogP contribution in [0, 0.1) is 5.92 Å². The average Bonchev–Trinajstić information content (AvgIpc) is 3.13. The number of nitrogens with one attached hydrogen (secondary N) is 2. The summed E-state index contributed by atoms with van der Waals surface area (Å²) < 4.78 is 0. The lowest BCUT2D eigenvalue weighted by molar-refractivity contribution is 0.189. The number of piperidine rings is 1. The fourth-order valence-corrected chi connectivity index (χ4v) is 2.53. The molecule has 0 radical (unpaired) electrons. The predicted molar refractivity (Wildman–Crippen MR) is 92.4 cm³/mol. The first kappa shape index (κ1) is 17.0. The molecule has 2 fully saturated rings. The van der Waals surface area contributed by atoms with Crippen molar-refractivity contribution < 1.29 is 0 Å². The van der Waals surface area contributed by atoms with Crippen LogP contribution in [0.2, 0.25) is 0 Å². The van der Waals surface area contributed by atoms with Crippen LogP contribution in [0.15, 0.2) is 4.99 Å². The van der Waals surface area contributed by atoms with Gasteiger partial charge in [-0.2, -0.15) is 0 Å². The van der Waals surface area contributed by atoms with E-state index in [0.29, 0.717) is 6.04 Å². The summed E-state index contributed by atoms with van der Waals surface area (Å²) in [6.45, 7) is 9.94. The van der Waals surface area contributed by atoms with Gasteiger partial charge < -0.3 is 15.5 Å². The molecule has 0 spiro atoms. The molecule has 1 heterocycles. The zero-order valence-electron chi connectivity index (χ0n) is 12.3. The highest BCUT2D eigenvalue weighted by Gasteiger charge is 2.22. The lowest BCUT2D eigenvalue weighted by Crippen LogP contribution is -2.40. The van der Waals surface area contributed by atoms with Gasteiger partial charge in [0.25, 0.3) is 0 Å². The molecular formula is C14H29IN4. The molecule has 1 aliphatic carbocycles. The van der Waals surface area contributed by atoms with Crippen LogP contribution in [0.4, 0.5) is 0 Å². The molecule has 2 N–H and O–H groups in total. The summed E-state index contributed by atoms with van der Waals surface area (Å²) >= 11 is 0. The Bertz CT molecular complexity index is 279. The quantitative estimate of drug-likeness (QED) is 0.436. The minimum atomic E-state index is 0. The first-order valence-electron chi connectivity index (χ1n) is 7.55. The van der Waals surface area contributed by atoms with E-state index in [4.69, 9.17) is 0 Å². The van der Waals surface area contributed by atoms with E-state index < -0.39 is 0 Å². The van der Waals surface area contributed by atoms with Crippen molar-refractivity contribution in [2.75, 3.05) is 32.7 Å². The number of hydrogen-bond donors (Lipinski definition) is 2. The normalized spacial score (nSPS) is 24.7. The first-order valence-corrected chi connectivity index (χ1v) is 7.55. The number of halogens is 1. The number of likely N-dealkylation sites (tertiary alicyclic amines) is 1. The molecule has 0 bridgehead atoms. The molecule has 0 amide bonds. The number of guanidine groups is 1. The van der Waals surface area contributed by atoms with Crippen LogP contribution >= 0.6 is 24.0 Å². The molecule has 1 unspecified atom stereocenters. The number of rotatable bonds is 5. The van der Waals surface area contributed by atoms with E-state index in [2.05, 4.69) is 34.4 Å². The van der Waals surface area contributed by atoms with Crippen molar-refractivity contribution in [2.24, 2.45) is 10.9 Å². The smallest absolute Gasteiger partial charge is 0.191 e. The minimum absolute atomic E-state index is 0. The van der Waals surface area contributed by atoms with Crippen LogP contribution < -0.4 is 10.6 Å². The van der Waals surface area contributed by atoms with Crippen molar-refractivity contribution in [3.05, 3.63) is 0 Å². The molecule has 0 aromatic rings. The Morgan fingerprint density at radius 2 is 2.11 bits per heavy atom. The second kappa shape index (κ2) is 9.00. The van der Waals surface area contributed by atoms with E-state index in [1.165, 1.54) is 38.8 Å². The largest absolute Gasteiger partial charge is 0.357 e. The number of nitrogens with zero attached hydrogens (tertiary/aromatic N) is 2. The number of hydrogen-bond acceptors (Lipinski definition) is 2. The fraction of sp³-hybridized carbons (Fsp3) is 0.929. The average molecular weight is 380 g/mol. The Morgan fingerprint density at radius 1 is 1.32 bits per heavy atom. The van der Waals surface area contributed by atoms with Crippen molar-refractivity contribution in [1.29, 1.82) is 0 Å². The highest BCUT2D eigenvalue weighted by Crippen LogP contribution is 2.18. The molecule has 0 aromatic carbocycles. The van der Waals surface area contributed by atoms with Gasteiger partial charge in [-0.05, 0) is 45.1 Å². The third kappa shape index (κ3) is 6.79. The summed E-state index contributed by atoms with van der Waals surface area (Å²) in [4.78, 5) is 7.22. The third-order valence-electron chi connectivity index (χ3n) is 3.69. The van der Waals surface area contributed by atoms with E-state index in [9.17, 15) is 0 Å². The predicted octanol–water partition coefficient (Wildman–Crippen LogP) is 2.05. The summed E-state index contributed by atoms with van der Waals surface area (Å²) in [7, 11) is 0. The van der Waals surface area contributed by atoms with E-state index in [1.807, 2.05) is 0 Å². The Kier molecular flexibility index (Phi) is 8.06. The van der Waals surface area contributed by atoms with Crippen molar-refractivity contribution in [1.82, 2.24) is 15.5 Å². The Hall–Kier alpha value is -0.0400. The highest BCUT2D eigenvalue weighted by molar-refractivity contribution is 14.0. The maximum absolute atomic E-state index is 4.67. The molecule has 5 heteroatoms. The molecule has 2 aliphatic rings. The molecule has 112 valence electrons. The van der Waals surface area contributed by atoms with Gasteiger partial charge >= 0.3 is 0 Å². The topological polar surface area (TPSA) is 39.7 Å². The summed E-state index contributed by atoms with van der Waals surface area (Å²) in [6.07, 6.45) is 5.35. The summed E-state index contributed by atoms with van der Waals surface area (Å²) in [5, 5.41) is 6.78. The van der Waals surface area contributed by atoms with Gasteiger partial charge in [0, 0.05) is 25.7 Å². The van der Waals surface area contributed by atoms with Gasteiger partial charge in [0.1, 0.15) is 0 Å². The maximum Gasteiger partial charge on any atom is 0.191 e. The van der Waals surface area contributed by atoms with Crippen LogP contribution in [0.3, 0.4) is 0 Å². The van der Waals surface area contributed by atoms with Crippen LogP contribution in [-0.2, 0) is 0 Å². The van der Waals surface area contributed by atoms with Gasteiger partial charge in [-0.25, -0.2) is 0 Å². The molecule has 1 aliphatic heterocycles. The lowest BCUT2D eigenvalue weighted by atomic mass is 10.0. The van der Waals surface area contributed by atoms with E-state index in [-0.39, 0.29) is 24.0 Å². The molecule has 2 rings (SSSR count). The van der Waals surface area contributed by atoms with Crippen molar-refractivity contribution in [3.63, 3.8) is 0 Å². The summed E-state index contributed by atoms with van der Waals surface area (Å²) in [6, 6.07) is 0.679.